The summed E-state index contributed by atoms with van der Waals surface area (Å²) < 4.78 is 13.9. The normalized spacial score (nSPS) is 20.8. The molecule has 0 atom stereocenters. The molecule has 0 aliphatic heterocycles. The summed E-state index contributed by atoms with van der Waals surface area (Å²) in [6.45, 7) is 4.30. The van der Waals surface area contributed by atoms with Crippen molar-refractivity contribution < 1.29 is 4.39 Å². The van der Waals surface area contributed by atoms with Gasteiger partial charge in [0.15, 0.2) is 0 Å². The highest BCUT2D eigenvalue weighted by Gasteiger charge is 2.18. The highest BCUT2D eigenvalue weighted by atomic mass is 19.1. The van der Waals surface area contributed by atoms with Crippen LogP contribution in [-0.4, -0.2) is 0 Å². The van der Waals surface area contributed by atoms with E-state index in [1.807, 2.05) is 19.1 Å². The molecule has 0 radical (unpaired) electrons. The summed E-state index contributed by atoms with van der Waals surface area (Å²) in [6.07, 6.45) is 15.8. The van der Waals surface area contributed by atoms with Gasteiger partial charge >= 0.3 is 0 Å². The predicted molar refractivity (Wildman–Crippen MR) is 101 cm³/mol. The van der Waals surface area contributed by atoms with Crippen molar-refractivity contribution in [1.82, 2.24) is 0 Å². The summed E-state index contributed by atoms with van der Waals surface area (Å²) in [5.41, 5.74) is 1.51. The summed E-state index contributed by atoms with van der Waals surface area (Å²) in [5.74, 6) is 7.34. The van der Waals surface area contributed by atoms with Crippen molar-refractivity contribution in [2.75, 3.05) is 0 Å². The van der Waals surface area contributed by atoms with Crippen LogP contribution in [0, 0.1) is 29.5 Å². The van der Waals surface area contributed by atoms with Gasteiger partial charge in [-0.2, -0.15) is 0 Å². The van der Waals surface area contributed by atoms with Gasteiger partial charge in [-0.05, 0) is 67.7 Å². The van der Waals surface area contributed by atoms with E-state index in [9.17, 15) is 4.39 Å². The Bertz CT molecular complexity index is 580. The zero-order valence-corrected chi connectivity index (χ0v) is 15.3. The largest absolute Gasteiger partial charge is 0.206 e. The molecular weight excluding hydrogens is 295 g/mol. The van der Waals surface area contributed by atoms with Crippen LogP contribution in [0.2, 0.25) is 0 Å². The Kier molecular flexibility index (Phi) is 8.10. The lowest BCUT2D eigenvalue weighted by Crippen LogP contribution is -2.12. The van der Waals surface area contributed by atoms with Crippen LogP contribution in [0.25, 0.3) is 0 Å². The van der Waals surface area contributed by atoms with Crippen LogP contribution in [0.1, 0.15) is 76.3 Å². The molecule has 0 bridgehead atoms. The lowest BCUT2D eigenvalue weighted by atomic mass is 9.79. The molecule has 0 unspecified atom stereocenters. The molecule has 1 heteroatoms. The first-order chi connectivity index (χ1) is 11.7. The first-order valence-corrected chi connectivity index (χ1v) is 9.69. The van der Waals surface area contributed by atoms with Crippen molar-refractivity contribution in [2.24, 2.45) is 11.8 Å². The molecule has 1 fully saturated rings. The van der Waals surface area contributed by atoms with Gasteiger partial charge in [0.05, 0.1) is 5.56 Å². The monoisotopic (exact) mass is 326 g/mol. The Morgan fingerprint density at radius 2 is 1.92 bits per heavy atom. The number of aryl methyl sites for hydroxylation is 1. The first-order valence-electron chi connectivity index (χ1n) is 9.69. The van der Waals surface area contributed by atoms with E-state index in [1.165, 1.54) is 51.4 Å². The van der Waals surface area contributed by atoms with Gasteiger partial charge < -0.3 is 0 Å². The molecule has 0 saturated heterocycles. The number of allylic oxidation sites excluding steroid dienone is 2. The zero-order chi connectivity index (χ0) is 17.2. The second-order valence-electron chi connectivity index (χ2n) is 7.07. The molecule has 0 amide bonds. The molecule has 1 aromatic carbocycles. The van der Waals surface area contributed by atoms with Crippen LogP contribution in [0.15, 0.2) is 30.4 Å². The summed E-state index contributed by atoms with van der Waals surface area (Å²) >= 11 is 0. The van der Waals surface area contributed by atoms with Crippen molar-refractivity contribution in [3.8, 4) is 11.8 Å². The number of hydrogen-bond acceptors (Lipinski definition) is 0. The Morgan fingerprint density at radius 1 is 1.12 bits per heavy atom. The maximum absolute atomic E-state index is 13.9. The average molecular weight is 326 g/mol. The van der Waals surface area contributed by atoms with Gasteiger partial charge in [-0.15, -0.1) is 0 Å². The van der Waals surface area contributed by atoms with Crippen molar-refractivity contribution in [3.63, 3.8) is 0 Å². The third kappa shape index (κ3) is 6.16. The van der Waals surface area contributed by atoms with E-state index >= 15 is 0 Å². The van der Waals surface area contributed by atoms with E-state index in [-0.39, 0.29) is 5.82 Å². The fourth-order valence-corrected chi connectivity index (χ4v) is 3.54. The fraction of sp³-hybridized carbons (Fsp3) is 0.565. The maximum atomic E-state index is 13.9. The van der Waals surface area contributed by atoms with Gasteiger partial charge in [0.1, 0.15) is 5.82 Å². The predicted octanol–water partition coefficient (Wildman–Crippen LogP) is 6.68. The SMILES string of the molecule is CCCCCC1CCC(/C=C/C#Cc2ccc(CC)cc2F)CC1. The third-order valence-corrected chi connectivity index (χ3v) is 5.21. The van der Waals surface area contributed by atoms with E-state index in [4.69, 9.17) is 0 Å². The van der Waals surface area contributed by atoms with E-state index in [1.54, 1.807) is 12.1 Å². The minimum atomic E-state index is -0.206. The summed E-state index contributed by atoms with van der Waals surface area (Å²) in [5, 5.41) is 0. The minimum Gasteiger partial charge on any atom is -0.206 e. The molecule has 130 valence electrons. The number of unbranched alkanes of at least 4 members (excludes halogenated alkanes) is 2. The Labute approximate surface area is 147 Å². The van der Waals surface area contributed by atoms with Crippen molar-refractivity contribution in [2.45, 2.75) is 71.6 Å². The summed E-state index contributed by atoms with van der Waals surface area (Å²) in [7, 11) is 0. The second-order valence-corrected chi connectivity index (χ2v) is 7.07. The lowest BCUT2D eigenvalue weighted by Gasteiger charge is -2.26. The quantitative estimate of drug-likeness (QED) is 0.404. The van der Waals surface area contributed by atoms with Crippen molar-refractivity contribution >= 4 is 0 Å². The van der Waals surface area contributed by atoms with Crippen LogP contribution in [0.4, 0.5) is 4.39 Å². The molecule has 0 nitrogen and oxygen atoms in total. The molecule has 1 aliphatic rings. The van der Waals surface area contributed by atoms with Gasteiger partial charge in [-0.3, -0.25) is 0 Å². The number of rotatable bonds is 6. The maximum Gasteiger partial charge on any atom is 0.139 e. The van der Waals surface area contributed by atoms with Gasteiger partial charge in [0, 0.05) is 0 Å². The second kappa shape index (κ2) is 10.3. The Hall–Kier alpha value is -1.55. The molecule has 24 heavy (non-hydrogen) atoms. The first kappa shape index (κ1) is 18.8. The minimum absolute atomic E-state index is 0.206. The highest BCUT2D eigenvalue weighted by Crippen LogP contribution is 2.32. The van der Waals surface area contributed by atoms with E-state index < -0.39 is 0 Å². The van der Waals surface area contributed by atoms with Gasteiger partial charge in [-0.25, -0.2) is 4.39 Å². The van der Waals surface area contributed by atoms with Crippen LogP contribution >= 0.6 is 0 Å². The topological polar surface area (TPSA) is 0 Å². The fourth-order valence-electron chi connectivity index (χ4n) is 3.54. The Balaban J connectivity index is 1.77. The van der Waals surface area contributed by atoms with Crippen LogP contribution in [0.3, 0.4) is 0 Å². The van der Waals surface area contributed by atoms with Gasteiger partial charge in [-0.1, -0.05) is 63.5 Å². The van der Waals surface area contributed by atoms with E-state index in [0.717, 1.165) is 17.9 Å². The zero-order valence-electron chi connectivity index (χ0n) is 15.3. The number of halogens is 1. The highest BCUT2D eigenvalue weighted by molar-refractivity contribution is 5.39. The summed E-state index contributed by atoms with van der Waals surface area (Å²) in [4.78, 5) is 0. The smallest absolute Gasteiger partial charge is 0.139 e. The molecule has 0 heterocycles. The van der Waals surface area contributed by atoms with Crippen LogP contribution in [0.5, 0.6) is 0 Å². The standard InChI is InChI=1S/C23H31F/c1-3-5-6-9-20-12-14-21(15-13-20)10-7-8-11-22-17-16-19(4-2)18-23(22)24/h7,10,16-18,20-21H,3-6,9,12-15H2,1-2H3/b10-7+. The molecule has 0 N–H and O–H groups in total. The van der Waals surface area contributed by atoms with Crippen LogP contribution < -0.4 is 0 Å². The Morgan fingerprint density at radius 3 is 2.58 bits per heavy atom. The summed E-state index contributed by atoms with van der Waals surface area (Å²) in [6, 6.07) is 5.33. The average Bonchev–Trinajstić information content (AvgIpc) is 2.61. The molecule has 0 spiro atoms. The van der Waals surface area contributed by atoms with Crippen LogP contribution in [-0.2, 0) is 6.42 Å². The molecule has 1 aliphatic carbocycles. The van der Waals surface area contributed by atoms with E-state index in [0.29, 0.717) is 11.5 Å². The number of benzene rings is 1. The third-order valence-electron chi connectivity index (χ3n) is 5.21. The molecular formula is C23H31F. The molecule has 0 aromatic heterocycles. The van der Waals surface area contributed by atoms with Crippen molar-refractivity contribution in [1.29, 1.82) is 0 Å². The molecule has 2 rings (SSSR count). The molecule has 1 saturated carbocycles. The van der Waals surface area contributed by atoms with Crippen molar-refractivity contribution in [3.05, 3.63) is 47.3 Å². The molecule has 1 aromatic rings. The van der Waals surface area contributed by atoms with Gasteiger partial charge in [0.2, 0.25) is 0 Å². The lowest BCUT2D eigenvalue weighted by molar-refractivity contribution is 0.289. The van der Waals surface area contributed by atoms with E-state index in [2.05, 4.69) is 24.8 Å². The number of hydrogen-bond donors (Lipinski definition) is 0. The van der Waals surface area contributed by atoms with Gasteiger partial charge in [0.25, 0.3) is 0 Å².